The summed E-state index contributed by atoms with van der Waals surface area (Å²) in [6.45, 7) is 0.152. The Bertz CT molecular complexity index is 140. The van der Waals surface area contributed by atoms with Gasteiger partial charge in [-0.2, -0.15) is 0 Å². The maximum Gasteiger partial charge on any atom is 0.0655 e. The van der Waals surface area contributed by atoms with E-state index in [0.717, 1.165) is 23.4 Å². The molecule has 0 aromatic carbocycles. The fraction of sp³-hybridized carbons (Fsp3) is 0.750. The molecule has 0 spiro atoms. The average Bonchev–Trinajstić information content (AvgIpc) is 2.13. The van der Waals surface area contributed by atoms with E-state index >= 15 is 0 Å². The second kappa shape index (κ2) is 3.99. The van der Waals surface area contributed by atoms with Crippen molar-refractivity contribution in [2.24, 2.45) is 0 Å². The lowest BCUT2D eigenvalue weighted by Gasteiger charge is -2.01. The minimum Gasteiger partial charge on any atom is -0.392 e. The third kappa shape index (κ3) is 1.99. The highest BCUT2D eigenvalue weighted by molar-refractivity contribution is 6.29. The maximum atomic E-state index is 8.84. The molecule has 0 bridgehead atoms. The Morgan fingerprint density at radius 1 is 1.20 bits per heavy atom. The molecule has 0 aliphatic heterocycles. The van der Waals surface area contributed by atoms with E-state index in [-0.39, 0.29) is 6.61 Å². The lowest BCUT2D eigenvalue weighted by molar-refractivity contribution is 0.325. The second-order valence-corrected chi connectivity index (χ2v) is 3.18. The van der Waals surface area contributed by atoms with Crippen LogP contribution in [0, 0.1) is 0 Å². The molecule has 1 aliphatic carbocycles. The molecule has 0 saturated carbocycles. The van der Waals surface area contributed by atoms with Gasteiger partial charge in [0.1, 0.15) is 0 Å². The summed E-state index contributed by atoms with van der Waals surface area (Å²) in [7, 11) is 0. The Morgan fingerprint density at radius 3 is 2.60 bits per heavy atom. The van der Waals surface area contributed by atoms with Crippen LogP contribution in [-0.4, -0.2) is 11.7 Å². The molecule has 0 heterocycles. The van der Waals surface area contributed by atoms with Crippen LogP contribution in [0.3, 0.4) is 0 Å². The van der Waals surface area contributed by atoms with Gasteiger partial charge in [0.05, 0.1) is 6.61 Å². The van der Waals surface area contributed by atoms with Gasteiger partial charge in [-0.1, -0.05) is 18.0 Å². The van der Waals surface area contributed by atoms with Crippen molar-refractivity contribution < 1.29 is 5.11 Å². The SMILES string of the molecule is OCC1=C(Cl)CCCCC1. The minimum absolute atomic E-state index is 0.152. The smallest absolute Gasteiger partial charge is 0.0655 e. The summed E-state index contributed by atoms with van der Waals surface area (Å²) in [5, 5.41) is 9.75. The summed E-state index contributed by atoms with van der Waals surface area (Å²) < 4.78 is 0. The Kier molecular flexibility index (Phi) is 3.23. The number of aliphatic hydroxyl groups is 1. The highest BCUT2D eigenvalue weighted by Gasteiger charge is 2.07. The van der Waals surface area contributed by atoms with Crippen LogP contribution >= 0.6 is 11.6 Å². The Hall–Kier alpha value is -0.0100. The average molecular weight is 161 g/mol. The molecule has 0 amide bonds. The van der Waals surface area contributed by atoms with Crippen LogP contribution in [0.5, 0.6) is 0 Å². The zero-order chi connectivity index (χ0) is 7.40. The molecule has 1 rings (SSSR count). The monoisotopic (exact) mass is 160 g/mol. The molecule has 0 unspecified atom stereocenters. The molecule has 0 aromatic rings. The van der Waals surface area contributed by atoms with Gasteiger partial charge in [-0.05, 0) is 31.3 Å². The van der Waals surface area contributed by atoms with Gasteiger partial charge in [0.15, 0.2) is 0 Å². The molecular formula is C8H13ClO. The summed E-state index contributed by atoms with van der Waals surface area (Å²) in [4.78, 5) is 0. The molecule has 1 N–H and O–H groups in total. The van der Waals surface area contributed by atoms with E-state index in [2.05, 4.69) is 0 Å². The number of rotatable bonds is 1. The molecular weight excluding hydrogens is 148 g/mol. The first-order valence-corrected chi connectivity index (χ1v) is 4.19. The van der Waals surface area contributed by atoms with Gasteiger partial charge in [-0.25, -0.2) is 0 Å². The van der Waals surface area contributed by atoms with Gasteiger partial charge < -0.3 is 5.11 Å². The third-order valence-electron chi connectivity index (χ3n) is 1.95. The molecule has 0 fully saturated rings. The van der Waals surface area contributed by atoms with Crippen molar-refractivity contribution in [3.63, 3.8) is 0 Å². The van der Waals surface area contributed by atoms with E-state index < -0.39 is 0 Å². The quantitative estimate of drug-likeness (QED) is 0.625. The lowest BCUT2D eigenvalue weighted by Crippen LogP contribution is -1.90. The molecule has 0 saturated heterocycles. The zero-order valence-corrected chi connectivity index (χ0v) is 6.82. The van der Waals surface area contributed by atoms with Gasteiger partial charge >= 0.3 is 0 Å². The number of hydrogen-bond acceptors (Lipinski definition) is 1. The van der Waals surface area contributed by atoms with E-state index in [4.69, 9.17) is 16.7 Å². The Balaban J connectivity index is 2.58. The van der Waals surface area contributed by atoms with Crippen LogP contribution in [0.1, 0.15) is 32.1 Å². The topological polar surface area (TPSA) is 20.2 Å². The summed E-state index contributed by atoms with van der Waals surface area (Å²) in [5.74, 6) is 0. The van der Waals surface area contributed by atoms with Crippen molar-refractivity contribution in [1.82, 2.24) is 0 Å². The van der Waals surface area contributed by atoms with Crippen molar-refractivity contribution >= 4 is 11.6 Å². The molecule has 1 nitrogen and oxygen atoms in total. The lowest BCUT2D eigenvalue weighted by atomic mass is 10.1. The number of aliphatic hydroxyl groups excluding tert-OH is 1. The van der Waals surface area contributed by atoms with E-state index in [1.807, 2.05) is 0 Å². The van der Waals surface area contributed by atoms with Crippen LogP contribution in [0.25, 0.3) is 0 Å². The number of halogens is 1. The van der Waals surface area contributed by atoms with Crippen molar-refractivity contribution in [2.45, 2.75) is 32.1 Å². The fourth-order valence-electron chi connectivity index (χ4n) is 1.27. The van der Waals surface area contributed by atoms with Crippen LogP contribution < -0.4 is 0 Å². The first kappa shape index (κ1) is 8.09. The third-order valence-corrected chi connectivity index (χ3v) is 2.41. The molecule has 0 atom stereocenters. The van der Waals surface area contributed by atoms with Crippen LogP contribution in [0.4, 0.5) is 0 Å². The van der Waals surface area contributed by atoms with Gasteiger partial charge in [0.25, 0.3) is 0 Å². The van der Waals surface area contributed by atoms with Crippen LogP contribution in [0.2, 0.25) is 0 Å². The van der Waals surface area contributed by atoms with E-state index in [9.17, 15) is 0 Å². The van der Waals surface area contributed by atoms with E-state index in [1.54, 1.807) is 0 Å². The van der Waals surface area contributed by atoms with E-state index in [0.29, 0.717) is 0 Å². The van der Waals surface area contributed by atoms with Gasteiger partial charge in [-0.3, -0.25) is 0 Å². The first-order chi connectivity index (χ1) is 4.84. The van der Waals surface area contributed by atoms with E-state index in [1.165, 1.54) is 19.3 Å². The molecule has 58 valence electrons. The fourth-order valence-corrected chi connectivity index (χ4v) is 1.56. The summed E-state index contributed by atoms with van der Waals surface area (Å²) >= 11 is 5.91. The van der Waals surface area contributed by atoms with Crippen LogP contribution in [-0.2, 0) is 0 Å². The van der Waals surface area contributed by atoms with Crippen molar-refractivity contribution in [3.8, 4) is 0 Å². The van der Waals surface area contributed by atoms with Gasteiger partial charge in [0, 0.05) is 5.03 Å². The van der Waals surface area contributed by atoms with Crippen molar-refractivity contribution in [3.05, 3.63) is 10.6 Å². The first-order valence-electron chi connectivity index (χ1n) is 3.82. The number of allylic oxidation sites excluding steroid dienone is 1. The Morgan fingerprint density at radius 2 is 1.90 bits per heavy atom. The van der Waals surface area contributed by atoms with Crippen molar-refractivity contribution in [2.75, 3.05) is 6.61 Å². The highest BCUT2D eigenvalue weighted by atomic mass is 35.5. The summed E-state index contributed by atoms with van der Waals surface area (Å²) in [5.41, 5.74) is 1.05. The van der Waals surface area contributed by atoms with Crippen LogP contribution in [0.15, 0.2) is 10.6 Å². The minimum atomic E-state index is 0.152. The predicted molar refractivity (Wildman–Crippen MR) is 43.0 cm³/mol. The van der Waals surface area contributed by atoms with Crippen molar-refractivity contribution in [1.29, 1.82) is 0 Å². The molecule has 0 aromatic heterocycles. The molecule has 0 radical (unpaired) electrons. The second-order valence-electron chi connectivity index (χ2n) is 2.73. The Labute approximate surface area is 66.7 Å². The molecule has 10 heavy (non-hydrogen) atoms. The van der Waals surface area contributed by atoms with Gasteiger partial charge in [-0.15, -0.1) is 0 Å². The normalized spacial score (nSPS) is 21.0. The maximum absolute atomic E-state index is 8.84. The summed E-state index contributed by atoms with van der Waals surface area (Å²) in [6, 6.07) is 0. The standard InChI is InChI=1S/C8H13ClO/c9-8-5-3-1-2-4-7(8)6-10/h10H,1-6H2. The zero-order valence-electron chi connectivity index (χ0n) is 6.07. The largest absolute Gasteiger partial charge is 0.392 e. The molecule has 2 heteroatoms. The van der Waals surface area contributed by atoms with Gasteiger partial charge in [0.2, 0.25) is 0 Å². The summed E-state index contributed by atoms with van der Waals surface area (Å²) in [6.07, 6.45) is 5.58. The highest BCUT2D eigenvalue weighted by Crippen LogP contribution is 2.25. The number of hydrogen-bond donors (Lipinski definition) is 1. The molecule has 1 aliphatic rings. The predicted octanol–water partition coefficient (Wildman–Crippen LogP) is 2.44.